The molecule has 132 valence electrons. The first-order chi connectivity index (χ1) is 13.0. The van der Waals surface area contributed by atoms with Crippen LogP contribution < -0.4 is 0 Å². The van der Waals surface area contributed by atoms with Crippen molar-refractivity contribution in [3.8, 4) is 11.4 Å². The van der Waals surface area contributed by atoms with Crippen molar-refractivity contribution in [3.63, 3.8) is 0 Å². The summed E-state index contributed by atoms with van der Waals surface area (Å²) in [4.78, 5) is 7.98. The third kappa shape index (κ3) is 2.63. The van der Waals surface area contributed by atoms with Crippen molar-refractivity contribution in [2.45, 2.75) is 0 Å². The summed E-state index contributed by atoms with van der Waals surface area (Å²) in [6.07, 6.45) is 0. The highest BCUT2D eigenvalue weighted by molar-refractivity contribution is 9.10. The zero-order chi connectivity index (χ0) is 18.7. The quantitative estimate of drug-likeness (QED) is 0.255. The number of hydrogen-bond acceptors (Lipinski definition) is 1. The van der Waals surface area contributed by atoms with Crippen LogP contribution in [0.1, 0.15) is 0 Å². The Morgan fingerprint density at radius 3 is 2.48 bits per heavy atom. The van der Waals surface area contributed by atoms with E-state index in [0.717, 1.165) is 37.1 Å². The van der Waals surface area contributed by atoms with E-state index in [9.17, 15) is 4.39 Å². The lowest BCUT2D eigenvalue weighted by Gasteiger charge is -2.07. The maximum atomic E-state index is 14.4. The maximum absolute atomic E-state index is 14.4. The minimum atomic E-state index is -0.416. The van der Waals surface area contributed by atoms with Gasteiger partial charge in [0.05, 0.1) is 21.6 Å². The van der Waals surface area contributed by atoms with Crippen molar-refractivity contribution in [1.29, 1.82) is 0 Å². The highest BCUT2D eigenvalue weighted by atomic mass is 79.9. The zero-order valence-electron chi connectivity index (χ0n) is 13.7. The van der Waals surface area contributed by atoms with Crippen LogP contribution in [0.4, 0.5) is 4.39 Å². The van der Waals surface area contributed by atoms with E-state index in [-0.39, 0.29) is 5.56 Å². The topological polar surface area (TPSA) is 28.7 Å². The number of aromatic nitrogens is 2. The van der Waals surface area contributed by atoms with Gasteiger partial charge in [0.2, 0.25) is 0 Å². The number of halogens is 4. The van der Waals surface area contributed by atoms with Crippen LogP contribution in [-0.2, 0) is 0 Å². The standard InChI is InChI=1S/C21H10BrCl2FN2/c22-10-4-6-12-14(8-10)15-9-11(23)5-7-13(15)20-19(12)26-21(27-20)18-16(24)2-1-3-17(18)25/h1-9H,(H,26,27). The molecule has 0 bridgehead atoms. The summed E-state index contributed by atoms with van der Waals surface area (Å²) in [5.41, 5.74) is 1.86. The third-order valence-corrected chi connectivity index (χ3v) is 5.72. The number of benzene rings is 4. The first-order valence-electron chi connectivity index (χ1n) is 8.17. The van der Waals surface area contributed by atoms with Crippen LogP contribution in [0.3, 0.4) is 0 Å². The zero-order valence-corrected chi connectivity index (χ0v) is 16.8. The summed E-state index contributed by atoms with van der Waals surface area (Å²) in [5, 5.41) is 4.91. The first kappa shape index (κ1) is 17.0. The molecule has 0 aliphatic rings. The Kier molecular flexibility index (Phi) is 3.90. The first-order valence-corrected chi connectivity index (χ1v) is 9.72. The molecular weight excluding hydrogens is 450 g/mol. The Morgan fingerprint density at radius 2 is 1.67 bits per heavy atom. The fourth-order valence-corrected chi connectivity index (χ4v) is 4.29. The van der Waals surface area contributed by atoms with Crippen LogP contribution in [0, 0.1) is 5.82 Å². The fourth-order valence-electron chi connectivity index (χ4n) is 3.51. The van der Waals surface area contributed by atoms with Crippen LogP contribution in [-0.4, -0.2) is 9.97 Å². The molecule has 1 N–H and O–H groups in total. The van der Waals surface area contributed by atoms with Gasteiger partial charge in [0.1, 0.15) is 11.6 Å². The van der Waals surface area contributed by atoms with E-state index < -0.39 is 5.82 Å². The molecule has 0 saturated heterocycles. The number of nitrogens with zero attached hydrogens (tertiary/aromatic N) is 1. The van der Waals surface area contributed by atoms with Crippen molar-refractivity contribution < 1.29 is 4.39 Å². The van der Waals surface area contributed by atoms with Crippen molar-refractivity contribution in [2.75, 3.05) is 0 Å². The third-order valence-electron chi connectivity index (χ3n) is 4.68. The van der Waals surface area contributed by atoms with Gasteiger partial charge in [-0.05, 0) is 47.2 Å². The number of fused-ring (bicyclic) bond motifs is 6. The summed E-state index contributed by atoms with van der Waals surface area (Å²) in [6, 6.07) is 16.3. The molecule has 0 aliphatic carbocycles. The molecule has 0 radical (unpaired) electrons. The van der Waals surface area contributed by atoms with E-state index in [1.54, 1.807) is 12.1 Å². The molecule has 4 aromatic carbocycles. The Morgan fingerprint density at radius 1 is 0.889 bits per heavy atom. The second-order valence-electron chi connectivity index (χ2n) is 6.29. The van der Waals surface area contributed by atoms with Gasteiger partial charge in [0, 0.05) is 20.3 Å². The number of rotatable bonds is 1. The fraction of sp³-hybridized carbons (Fsp3) is 0. The normalized spacial score (nSPS) is 11.7. The minimum Gasteiger partial charge on any atom is -0.337 e. The van der Waals surface area contributed by atoms with E-state index in [4.69, 9.17) is 28.2 Å². The van der Waals surface area contributed by atoms with E-state index in [2.05, 4.69) is 20.9 Å². The van der Waals surface area contributed by atoms with E-state index in [1.165, 1.54) is 6.07 Å². The summed E-state index contributed by atoms with van der Waals surface area (Å²) in [5.74, 6) is -0.0132. The highest BCUT2D eigenvalue weighted by Crippen LogP contribution is 2.38. The molecule has 27 heavy (non-hydrogen) atoms. The lowest BCUT2D eigenvalue weighted by atomic mass is 10.00. The predicted octanol–water partition coefficient (Wildman–Crippen LogP) is 7.74. The van der Waals surface area contributed by atoms with Crippen molar-refractivity contribution in [1.82, 2.24) is 9.97 Å². The summed E-state index contributed by atoms with van der Waals surface area (Å²) in [7, 11) is 0. The van der Waals surface area contributed by atoms with Crippen molar-refractivity contribution in [3.05, 3.63) is 74.9 Å². The molecule has 0 fully saturated rings. The smallest absolute Gasteiger partial charge is 0.143 e. The molecule has 0 amide bonds. The van der Waals surface area contributed by atoms with Crippen molar-refractivity contribution >= 4 is 71.7 Å². The van der Waals surface area contributed by atoms with Crippen LogP contribution in [0.5, 0.6) is 0 Å². The second kappa shape index (κ2) is 6.20. The molecule has 0 aliphatic heterocycles. The molecule has 0 spiro atoms. The van der Waals surface area contributed by atoms with Crippen LogP contribution in [0.2, 0.25) is 10.0 Å². The number of H-pyrrole nitrogens is 1. The summed E-state index contributed by atoms with van der Waals surface area (Å²) < 4.78 is 15.4. The van der Waals surface area contributed by atoms with Gasteiger partial charge in [-0.15, -0.1) is 0 Å². The number of hydrogen-bond donors (Lipinski definition) is 1. The highest BCUT2D eigenvalue weighted by Gasteiger charge is 2.18. The Bertz CT molecular complexity index is 1280. The number of imidazole rings is 1. The Hall–Kier alpha value is -2.14. The molecule has 1 aromatic heterocycles. The largest absolute Gasteiger partial charge is 0.337 e. The van der Waals surface area contributed by atoms with E-state index in [1.807, 2.05) is 36.4 Å². The number of nitrogens with one attached hydrogen (secondary N) is 1. The van der Waals surface area contributed by atoms with Gasteiger partial charge in [0.15, 0.2) is 0 Å². The SMILES string of the molecule is Fc1cccc(Cl)c1-c1nc2c3ccc(Br)cc3c3cc(Cl)ccc3c2[nH]1. The molecule has 0 saturated carbocycles. The predicted molar refractivity (Wildman–Crippen MR) is 114 cm³/mol. The Labute approximate surface area is 172 Å². The molecular formula is C21H10BrCl2FN2. The number of aromatic amines is 1. The van der Waals surface area contributed by atoms with Gasteiger partial charge in [-0.3, -0.25) is 0 Å². The second-order valence-corrected chi connectivity index (χ2v) is 8.04. The van der Waals surface area contributed by atoms with E-state index in [0.29, 0.717) is 15.9 Å². The van der Waals surface area contributed by atoms with E-state index >= 15 is 0 Å². The molecule has 5 aromatic rings. The molecule has 0 atom stereocenters. The minimum absolute atomic E-state index is 0.266. The van der Waals surface area contributed by atoms with Gasteiger partial charge >= 0.3 is 0 Å². The molecule has 5 rings (SSSR count). The van der Waals surface area contributed by atoms with Crippen LogP contribution in [0.15, 0.2) is 59.1 Å². The molecule has 6 heteroatoms. The van der Waals surface area contributed by atoms with Crippen molar-refractivity contribution in [2.24, 2.45) is 0 Å². The summed E-state index contributed by atoms with van der Waals surface area (Å²) in [6.45, 7) is 0. The molecule has 2 nitrogen and oxygen atoms in total. The molecule has 1 heterocycles. The average Bonchev–Trinajstić information content (AvgIpc) is 3.06. The monoisotopic (exact) mass is 458 g/mol. The lowest BCUT2D eigenvalue weighted by Crippen LogP contribution is -1.87. The molecule has 0 unspecified atom stereocenters. The van der Waals surface area contributed by atoms with Gasteiger partial charge < -0.3 is 4.98 Å². The van der Waals surface area contributed by atoms with Gasteiger partial charge in [-0.25, -0.2) is 9.37 Å². The van der Waals surface area contributed by atoms with Gasteiger partial charge in [-0.2, -0.15) is 0 Å². The van der Waals surface area contributed by atoms with Gasteiger partial charge in [-0.1, -0.05) is 57.3 Å². The summed E-state index contributed by atoms with van der Waals surface area (Å²) >= 11 is 16.0. The van der Waals surface area contributed by atoms with Crippen LogP contribution >= 0.6 is 39.1 Å². The van der Waals surface area contributed by atoms with Gasteiger partial charge in [0.25, 0.3) is 0 Å². The lowest BCUT2D eigenvalue weighted by molar-refractivity contribution is 0.630. The van der Waals surface area contributed by atoms with Crippen LogP contribution in [0.25, 0.3) is 44.0 Å². The average molecular weight is 460 g/mol. The maximum Gasteiger partial charge on any atom is 0.143 e. The Balaban J connectivity index is 1.98.